The number of carbonyl (C=O) groups excluding carboxylic acids is 2. The lowest BCUT2D eigenvalue weighted by molar-refractivity contribution is -0.126. The van der Waals surface area contributed by atoms with E-state index in [0.29, 0.717) is 12.8 Å². The number of aromatic nitrogens is 1. The zero-order valence-corrected chi connectivity index (χ0v) is 13.0. The molecule has 2 amide bonds. The predicted octanol–water partition coefficient (Wildman–Crippen LogP) is 0.712. The van der Waals surface area contributed by atoms with Crippen molar-refractivity contribution in [3.63, 3.8) is 0 Å². The van der Waals surface area contributed by atoms with Gasteiger partial charge in [-0.15, -0.1) is 0 Å². The second-order valence-electron chi connectivity index (χ2n) is 6.18. The Labute approximate surface area is 134 Å². The van der Waals surface area contributed by atoms with Crippen LogP contribution in [0, 0.1) is 5.92 Å². The van der Waals surface area contributed by atoms with Gasteiger partial charge in [-0.1, -0.05) is 25.1 Å². The highest BCUT2D eigenvalue weighted by molar-refractivity contribution is 5.91. The first kappa shape index (κ1) is 15.6. The summed E-state index contributed by atoms with van der Waals surface area (Å²) in [6.07, 6.45) is 2.80. The Balaban J connectivity index is 1.68. The standard InChI is InChI=1S/C17H21N3O3/c1-10-6-15(22)20-16(10)17(23)19-12(9-21)7-11-8-18-14-5-3-2-4-13(11)14/h2-5,8,10,12,16,18,21H,6-7,9H2,1H3,(H,19,23)(H,20,22). The number of carbonyl (C=O) groups is 2. The molecule has 1 aromatic carbocycles. The summed E-state index contributed by atoms with van der Waals surface area (Å²) in [6.45, 7) is 1.72. The summed E-state index contributed by atoms with van der Waals surface area (Å²) in [7, 11) is 0. The maximum absolute atomic E-state index is 12.3. The van der Waals surface area contributed by atoms with Crippen LogP contribution >= 0.6 is 0 Å². The van der Waals surface area contributed by atoms with Gasteiger partial charge in [0.15, 0.2) is 0 Å². The fourth-order valence-corrected chi connectivity index (χ4v) is 3.13. The summed E-state index contributed by atoms with van der Waals surface area (Å²) >= 11 is 0. The van der Waals surface area contributed by atoms with E-state index in [1.807, 2.05) is 37.4 Å². The van der Waals surface area contributed by atoms with Gasteiger partial charge >= 0.3 is 0 Å². The van der Waals surface area contributed by atoms with Crippen molar-refractivity contribution >= 4 is 22.7 Å². The third kappa shape index (κ3) is 3.22. The Hall–Kier alpha value is -2.34. The largest absolute Gasteiger partial charge is 0.394 e. The highest BCUT2D eigenvalue weighted by Crippen LogP contribution is 2.20. The van der Waals surface area contributed by atoms with Crippen LogP contribution < -0.4 is 10.6 Å². The van der Waals surface area contributed by atoms with E-state index in [0.717, 1.165) is 16.5 Å². The number of para-hydroxylation sites is 1. The minimum Gasteiger partial charge on any atom is -0.394 e. The van der Waals surface area contributed by atoms with Crippen LogP contribution in [-0.4, -0.2) is 40.6 Å². The van der Waals surface area contributed by atoms with Crippen molar-refractivity contribution in [1.29, 1.82) is 0 Å². The maximum atomic E-state index is 12.3. The summed E-state index contributed by atoms with van der Waals surface area (Å²) in [4.78, 5) is 26.9. The molecule has 3 atom stereocenters. The number of aliphatic hydroxyl groups is 1. The van der Waals surface area contributed by atoms with Crippen molar-refractivity contribution in [2.75, 3.05) is 6.61 Å². The monoisotopic (exact) mass is 315 g/mol. The zero-order valence-electron chi connectivity index (χ0n) is 13.0. The smallest absolute Gasteiger partial charge is 0.243 e. The third-order valence-electron chi connectivity index (χ3n) is 4.38. The SMILES string of the molecule is CC1CC(=O)NC1C(=O)NC(CO)Cc1c[nH]c2ccccc12. The molecule has 0 spiro atoms. The predicted molar refractivity (Wildman–Crippen MR) is 86.7 cm³/mol. The minimum atomic E-state index is -0.514. The first-order valence-corrected chi connectivity index (χ1v) is 7.84. The fourth-order valence-electron chi connectivity index (χ4n) is 3.13. The van der Waals surface area contributed by atoms with Crippen LogP contribution in [0.5, 0.6) is 0 Å². The molecule has 3 unspecified atom stereocenters. The number of hydrogen-bond acceptors (Lipinski definition) is 3. The van der Waals surface area contributed by atoms with Gasteiger partial charge in [-0.05, 0) is 24.0 Å². The van der Waals surface area contributed by atoms with Crippen LogP contribution in [0.1, 0.15) is 18.9 Å². The number of aromatic amines is 1. The van der Waals surface area contributed by atoms with E-state index < -0.39 is 6.04 Å². The van der Waals surface area contributed by atoms with Crippen molar-refractivity contribution in [3.8, 4) is 0 Å². The van der Waals surface area contributed by atoms with Crippen LogP contribution in [-0.2, 0) is 16.0 Å². The Morgan fingerprint density at radius 2 is 2.22 bits per heavy atom. The Morgan fingerprint density at radius 1 is 1.43 bits per heavy atom. The molecule has 0 bridgehead atoms. The molecule has 1 saturated heterocycles. The average Bonchev–Trinajstić information content (AvgIpc) is 3.10. The summed E-state index contributed by atoms with van der Waals surface area (Å²) in [5.74, 6) is -0.369. The Morgan fingerprint density at radius 3 is 2.91 bits per heavy atom. The molecule has 0 aliphatic carbocycles. The molecule has 3 rings (SSSR count). The van der Waals surface area contributed by atoms with Crippen LogP contribution in [0.3, 0.4) is 0 Å². The van der Waals surface area contributed by atoms with E-state index in [2.05, 4.69) is 15.6 Å². The Kier molecular flexibility index (Phi) is 4.34. The molecule has 1 aromatic heterocycles. The molecule has 4 N–H and O–H groups in total. The van der Waals surface area contributed by atoms with E-state index >= 15 is 0 Å². The van der Waals surface area contributed by atoms with E-state index in [1.165, 1.54) is 0 Å². The average molecular weight is 315 g/mol. The van der Waals surface area contributed by atoms with E-state index in [1.54, 1.807) is 0 Å². The molecule has 2 aromatic rings. The zero-order chi connectivity index (χ0) is 16.4. The number of aliphatic hydroxyl groups excluding tert-OH is 1. The summed E-state index contributed by atoms with van der Waals surface area (Å²) in [5.41, 5.74) is 2.07. The van der Waals surface area contributed by atoms with Gasteiger partial charge in [-0.2, -0.15) is 0 Å². The van der Waals surface area contributed by atoms with E-state index in [4.69, 9.17) is 0 Å². The number of benzene rings is 1. The topological polar surface area (TPSA) is 94.2 Å². The van der Waals surface area contributed by atoms with Gasteiger partial charge in [-0.25, -0.2) is 0 Å². The minimum absolute atomic E-state index is 0.0325. The van der Waals surface area contributed by atoms with Crippen molar-refractivity contribution in [1.82, 2.24) is 15.6 Å². The molecule has 0 saturated carbocycles. The van der Waals surface area contributed by atoms with Gasteiger partial charge in [-0.3, -0.25) is 9.59 Å². The quantitative estimate of drug-likeness (QED) is 0.654. The number of nitrogens with one attached hydrogen (secondary N) is 3. The number of H-pyrrole nitrogens is 1. The normalized spacial score (nSPS) is 22.1. The van der Waals surface area contributed by atoms with Crippen molar-refractivity contribution in [2.24, 2.45) is 5.92 Å². The number of fused-ring (bicyclic) bond motifs is 1. The fraction of sp³-hybridized carbons (Fsp3) is 0.412. The number of hydrogen-bond donors (Lipinski definition) is 4. The summed E-state index contributed by atoms with van der Waals surface area (Å²) < 4.78 is 0. The van der Waals surface area contributed by atoms with Crippen LogP contribution in [0.2, 0.25) is 0 Å². The molecule has 0 radical (unpaired) electrons. The molecule has 2 heterocycles. The second kappa shape index (κ2) is 6.42. The highest BCUT2D eigenvalue weighted by atomic mass is 16.3. The van der Waals surface area contributed by atoms with E-state index in [9.17, 15) is 14.7 Å². The van der Waals surface area contributed by atoms with Gasteiger partial charge < -0.3 is 20.7 Å². The lowest BCUT2D eigenvalue weighted by Crippen LogP contribution is -2.49. The van der Waals surface area contributed by atoms with Crippen LogP contribution in [0.4, 0.5) is 0 Å². The molecular weight excluding hydrogens is 294 g/mol. The molecular formula is C17H21N3O3. The highest BCUT2D eigenvalue weighted by Gasteiger charge is 2.34. The third-order valence-corrected chi connectivity index (χ3v) is 4.38. The van der Waals surface area contributed by atoms with Crippen molar-refractivity contribution in [2.45, 2.75) is 31.8 Å². The summed E-state index contributed by atoms with van der Waals surface area (Å²) in [5, 5.41) is 16.2. The van der Waals surface area contributed by atoms with Crippen LogP contribution in [0.25, 0.3) is 10.9 Å². The van der Waals surface area contributed by atoms with Crippen molar-refractivity contribution < 1.29 is 14.7 Å². The first-order valence-electron chi connectivity index (χ1n) is 7.84. The lowest BCUT2D eigenvalue weighted by atomic mass is 10.0. The molecule has 122 valence electrons. The molecule has 1 aliphatic rings. The van der Waals surface area contributed by atoms with Gasteiger partial charge in [0.25, 0.3) is 0 Å². The lowest BCUT2D eigenvalue weighted by Gasteiger charge is -2.20. The molecule has 6 heteroatoms. The van der Waals surface area contributed by atoms with Gasteiger partial charge in [0.05, 0.1) is 12.6 Å². The molecule has 1 fully saturated rings. The first-order chi connectivity index (χ1) is 11.1. The Bertz CT molecular complexity index is 725. The van der Waals surface area contributed by atoms with Gasteiger partial charge in [0.1, 0.15) is 6.04 Å². The van der Waals surface area contributed by atoms with Gasteiger partial charge in [0.2, 0.25) is 11.8 Å². The number of rotatable bonds is 5. The maximum Gasteiger partial charge on any atom is 0.243 e. The number of amides is 2. The molecule has 6 nitrogen and oxygen atoms in total. The van der Waals surface area contributed by atoms with Gasteiger partial charge in [0, 0.05) is 23.5 Å². The van der Waals surface area contributed by atoms with E-state index in [-0.39, 0.29) is 30.4 Å². The van der Waals surface area contributed by atoms with Crippen LogP contribution in [0.15, 0.2) is 30.5 Å². The van der Waals surface area contributed by atoms with Crippen molar-refractivity contribution in [3.05, 3.63) is 36.0 Å². The molecule has 1 aliphatic heterocycles. The summed E-state index contributed by atoms with van der Waals surface area (Å²) in [6, 6.07) is 7.02. The second-order valence-corrected chi connectivity index (χ2v) is 6.18. The molecule has 23 heavy (non-hydrogen) atoms.